The number of hydrogen-bond donors (Lipinski definition) is 3. The molecule has 2 atom stereocenters. The minimum absolute atomic E-state index is 0.0691. The van der Waals surface area contributed by atoms with E-state index in [-0.39, 0.29) is 36.1 Å². The lowest BCUT2D eigenvalue weighted by Crippen LogP contribution is -2.36. The van der Waals surface area contributed by atoms with Crippen molar-refractivity contribution in [2.45, 2.75) is 58.9 Å². The maximum absolute atomic E-state index is 12.8. The summed E-state index contributed by atoms with van der Waals surface area (Å²) in [5.74, 6) is -0.667. The van der Waals surface area contributed by atoms with E-state index in [0.717, 1.165) is 17.5 Å². The van der Waals surface area contributed by atoms with Crippen LogP contribution in [-0.4, -0.2) is 50.9 Å². The predicted octanol–water partition coefficient (Wildman–Crippen LogP) is 3.33. The normalized spacial score (nSPS) is 15.0. The molecular weight excluding hydrogens is 450 g/mol. The van der Waals surface area contributed by atoms with E-state index in [2.05, 4.69) is 28.8 Å². The monoisotopic (exact) mass is 485 g/mol. The summed E-state index contributed by atoms with van der Waals surface area (Å²) in [5.41, 5.74) is 7.12. The summed E-state index contributed by atoms with van der Waals surface area (Å²) in [6, 6.07) is 7.99. The van der Waals surface area contributed by atoms with Gasteiger partial charge in [-0.05, 0) is 42.7 Å². The molecule has 2 heterocycles. The Morgan fingerprint density at radius 2 is 1.94 bits per heavy atom. The number of nitrogens with zero attached hydrogens (tertiary/aromatic N) is 3. The zero-order valence-electron chi connectivity index (χ0n) is 21.1. The first-order chi connectivity index (χ1) is 16.6. The van der Waals surface area contributed by atoms with Gasteiger partial charge < -0.3 is 25.3 Å². The van der Waals surface area contributed by atoms with Crippen LogP contribution in [0.25, 0.3) is 11.2 Å². The summed E-state index contributed by atoms with van der Waals surface area (Å²) in [4.78, 5) is 36.0. The third-order valence-corrected chi connectivity index (χ3v) is 6.97. The van der Waals surface area contributed by atoms with Crippen molar-refractivity contribution in [3.63, 3.8) is 0 Å². The van der Waals surface area contributed by atoms with E-state index >= 15 is 0 Å². The summed E-state index contributed by atoms with van der Waals surface area (Å²) in [6.45, 7) is 8.74. The van der Waals surface area contributed by atoms with Crippen molar-refractivity contribution in [1.29, 1.82) is 0 Å². The van der Waals surface area contributed by atoms with Gasteiger partial charge in [-0.1, -0.05) is 45.0 Å². The lowest BCUT2D eigenvalue weighted by atomic mass is 9.67. The van der Waals surface area contributed by atoms with Crippen LogP contribution in [0.1, 0.15) is 58.1 Å². The molecule has 3 rings (SSSR count). The second-order valence-corrected chi connectivity index (χ2v) is 9.46. The molecule has 190 valence electrons. The Bertz CT molecular complexity index is 1250. The Hall–Kier alpha value is -3.40. The average Bonchev–Trinajstić information content (AvgIpc) is 3.14. The number of nitrogens with one attached hydrogen (secondary N) is 1. The molecule has 0 radical (unpaired) electrons. The molecule has 1 aromatic carbocycles. The highest BCUT2D eigenvalue weighted by Crippen LogP contribution is 2.41. The van der Waals surface area contributed by atoms with Crippen LogP contribution in [0.15, 0.2) is 29.1 Å². The molecule has 10 heteroatoms. The summed E-state index contributed by atoms with van der Waals surface area (Å²) < 4.78 is 12.0. The molecule has 35 heavy (non-hydrogen) atoms. The molecule has 3 aromatic rings. The lowest BCUT2D eigenvalue weighted by Gasteiger charge is -2.37. The Balaban J connectivity index is 1.97. The fourth-order valence-corrected chi connectivity index (χ4v) is 4.33. The molecule has 0 aliphatic heterocycles. The van der Waals surface area contributed by atoms with Crippen LogP contribution in [0.3, 0.4) is 0 Å². The van der Waals surface area contributed by atoms with Gasteiger partial charge in [-0.15, -0.1) is 0 Å². The Morgan fingerprint density at radius 1 is 1.20 bits per heavy atom. The van der Waals surface area contributed by atoms with Crippen molar-refractivity contribution in [2.24, 2.45) is 5.41 Å². The molecule has 10 nitrogen and oxygen atoms in total. The van der Waals surface area contributed by atoms with Crippen molar-refractivity contribution in [1.82, 2.24) is 19.5 Å². The number of H-pyrrole nitrogens is 1. The van der Waals surface area contributed by atoms with Gasteiger partial charge in [-0.2, -0.15) is 9.97 Å². The maximum atomic E-state index is 12.8. The van der Waals surface area contributed by atoms with Gasteiger partial charge in [0, 0.05) is 7.11 Å². The van der Waals surface area contributed by atoms with Crippen LogP contribution in [0, 0.1) is 5.41 Å². The number of nitrogen functional groups attached to an aromatic ring is 1. The molecule has 0 bridgehead atoms. The van der Waals surface area contributed by atoms with E-state index in [9.17, 15) is 14.7 Å². The highest BCUT2D eigenvalue weighted by molar-refractivity contribution is 5.82. The van der Waals surface area contributed by atoms with E-state index < -0.39 is 11.4 Å². The fraction of sp³-hybridized carbons (Fsp3) is 0.520. The number of ether oxygens (including phenoxy) is 2. The quantitative estimate of drug-likeness (QED) is 0.331. The third-order valence-electron chi connectivity index (χ3n) is 6.97. The van der Waals surface area contributed by atoms with Crippen molar-refractivity contribution < 1.29 is 19.4 Å². The van der Waals surface area contributed by atoms with E-state index in [1.165, 1.54) is 4.57 Å². The second kappa shape index (κ2) is 10.5. The minimum Gasteiger partial charge on any atom is -0.481 e. The van der Waals surface area contributed by atoms with Gasteiger partial charge >= 0.3 is 17.7 Å². The molecule has 2 unspecified atom stereocenters. The maximum Gasteiger partial charge on any atom is 0.328 e. The number of imidazole rings is 1. The Labute approximate surface area is 204 Å². The lowest BCUT2D eigenvalue weighted by molar-refractivity contribution is -0.149. The number of rotatable bonds is 12. The molecule has 0 saturated carbocycles. The number of methoxy groups -OCH3 is 1. The first-order valence-corrected chi connectivity index (χ1v) is 11.8. The molecule has 4 N–H and O–H groups in total. The summed E-state index contributed by atoms with van der Waals surface area (Å²) in [6.07, 6.45) is 1.82. The summed E-state index contributed by atoms with van der Waals surface area (Å²) in [7, 11) is 1.56. The average molecular weight is 486 g/mol. The number of hydrogen-bond acceptors (Lipinski definition) is 7. The van der Waals surface area contributed by atoms with Gasteiger partial charge in [-0.3, -0.25) is 9.36 Å². The number of nitrogens with two attached hydrogens (primary N) is 1. The van der Waals surface area contributed by atoms with Gasteiger partial charge in [0.2, 0.25) is 0 Å². The fourth-order valence-electron chi connectivity index (χ4n) is 4.33. The number of aromatic amines is 1. The van der Waals surface area contributed by atoms with Crippen molar-refractivity contribution in [2.75, 3.05) is 26.1 Å². The van der Waals surface area contributed by atoms with Crippen LogP contribution in [0.4, 0.5) is 5.82 Å². The number of benzene rings is 1. The SMILES string of the molecule is CCC(C)(CC(C)(CC)c1cccc(Cn2c(=O)[nH]c3c(N)nc(OCCOC)nc32)c1)C(=O)O. The summed E-state index contributed by atoms with van der Waals surface area (Å²) in [5, 5.41) is 9.83. The highest BCUT2D eigenvalue weighted by atomic mass is 16.5. The second-order valence-electron chi connectivity index (χ2n) is 9.46. The zero-order chi connectivity index (χ0) is 25.8. The van der Waals surface area contributed by atoms with Gasteiger partial charge in [0.25, 0.3) is 0 Å². The number of fused-ring (bicyclic) bond motifs is 1. The molecule has 2 aromatic heterocycles. The standard InChI is InChI=1S/C25H35N5O5/c1-6-24(3,15-25(4,7-2)21(31)32)17-10-8-9-16(13-17)14-30-20-18(27-23(30)33)19(26)28-22(29-20)35-12-11-34-5/h8-10,13H,6-7,11-12,14-15H2,1-5H3,(H,27,33)(H,31,32)(H2,26,28,29). The van der Waals surface area contributed by atoms with Crippen LogP contribution in [0.2, 0.25) is 0 Å². The number of carboxylic acids is 1. The predicted molar refractivity (Wildman–Crippen MR) is 134 cm³/mol. The number of anilines is 1. The van der Waals surface area contributed by atoms with E-state index in [1.54, 1.807) is 14.0 Å². The molecule has 0 aliphatic carbocycles. The Kier molecular flexibility index (Phi) is 7.84. The third kappa shape index (κ3) is 5.48. The topological polar surface area (TPSA) is 145 Å². The zero-order valence-corrected chi connectivity index (χ0v) is 21.1. The van der Waals surface area contributed by atoms with Gasteiger partial charge in [0.05, 0.1) is 18.6 Å². The first kappa shape index (κ1) is 26.2. The molecular formula is C25H35N5O5. The van der Waals surface area contributed by atoms with Crippen molar-refractivity contribution >= 4 is 23.0 Å². The number of carboxylic acid groups (broad SMARTS) is 1. The smallest absolute Gasteiger partial charge is 0.328 e. The van der Waals surface area contributed by atoms with E-state index in [4.69, 9.17) is 15.2 Å². The number of aromatic nitrogens is 4. The highest BCUT2D eigenvalue weighted by Gasteiger charge is 2.39. The molecule has 0 amide bonds. The van der Waals surface area contributed by atoms with Crippen LogP contribution < -0.4 is 16.2 Å². The van der Waals surface area contributed by atoms with Gasteiger partial charge in [-0.25, -0.2) is 4.79 Å². The van der Waals surface area contributed by atoms with Gasteiger partial charge in [0.15, 0.2) is 11.5 Å². The largest absolute Gasteiger partial charge is 0.481 e. The van der Waals surface area contributed by atoms with Gasteiger partial charge in [0.1, 0.15) is 12.1 Å². The van der Waals surface area contributed by atoms with Crippen molar-refractivity contribution in [3.05, 3.63) is 45.9 Å². The Morgan fingerprint density at radius 3 is 2.57 bits per heavy atom. The van der Waals surface area contributed by atoms with Crippen LogP contribution in [-0.2, 0) is 21.5 Å². The van der Waals surface area contributed by atoms with Crippen molar-refractivity contribution in [3.8, 4) is 6.01 Å². The van der Waals surface area contributed by atoms with Crippen LogP contribution in [0.5, 0.6) is 6.01 Å². The van der Waals surface area contributed by atoms with E-state index in [0.29, 0.717) is 30.6 Å². The number of carbonyl (C=O) groups is 1. The molecule has 0 saturated heterocycles. The summed E-state index contributed by atoms with van der Waals surface area (Å²) >= 11 is 0. The minimum atomic E-state index is -0.831. The van der Waals surface area contributed by atoms with Crippen LogP contribution >= 0.6 is 0 Å². The van der Waals surface area contributed by atoms with E-state index in [1.807, 2.05) is 31.2 Å². The number of aliphatic carboxylic acids is 1. The molecule has 0 spiro atoms. The molecule has 0 fully saturated rings. The molecule has 0 aliphatic rings. The first-order valence-electron chi connectivity index (χ1n) is 11.8.